The minimum Gasteiger partial charge on any atom is -0.481 e. The van der Waals surface area contributed by atoms with Crippen molar-refractivity contribution >= 4 is 11.9 Å². The molecule has 1 aliphatic carbocycles. The second kappa shape index (κ2) is 6.40. The van der Waals surface area contributed by atoms with Crippen molar-refractivity contribution in [1.29, 1.82) is 0 Å². The number of carbonyl (C=O) groups excluding carboxylic acids is 1. The van der Waals surface area contributed by atoms with Crippen molar-refractivity contribution in [2.75, 3.05) is 13.1 Å². The van der Waals surface area contributed by atoms with Gasteiger partial charge in [0, 0.05) is 19.0 Å². The SMILES string of the molecule is CCCC1CCN(C(=O)C2CCC(C(=O)O)C2)CC1. The van der Waals surface area contributed by atoms with E-state index in [1.54, 1.807) is 0 Å². The molecule has 4 heteroatoms. The van der Waals surface area contributed by atoms with Crippen LogP contribution in [0.3, 0.4) is 0 Å². The molecule has 1 aliphatic heterocycles. The number of likely N-dealkylation sites (tertiary alicyclic amines) is 1. The molecule has 19 heavy (non-hydrogen) atoms. The molecular weight excluding hydrogens is 242 g/mol. The minimum atomic E-state index is -0.739. The molecule has 0 aromatic heterocycles. The lowest BCUT2D eigenvalue weighted by atomic mass is 9.91. The van der Waals surface area contributed by atoms with Gasteiger partial charge >= 0.3 is 5.97 Å². The van der Waals surface area contributed by atoms with Crippen LogP contribution in [-0.2, 0) is 9.59 Å². The maximum atomic E-state index is 12.4. The van der Waals surface area contributed by atoms with Gasteiger partial charge in [-0.05, 0) is 38.0 Å². The summed E-state index contributed by atoms with van der Waals surface area (Å²) in [5, 5.41) is 8.99. The van der Waals surface area contributed by atoms with E-state index in [1.807, 2.05) is 4.90 Å². The second-order valence-electron chi connectivity index (χ2n) is 6.10. The number of hydrogen-bond donors (Lipinski definition) is 1. The van der Waals surface area contributed by atoms with E-state index in [2.05, 4.69) is 6.92 Å². The Morgan fingerprint density at radius 1 is 1.11 bits per heavy atom. The predicted molar refractivity (Wildman–Crippen MR) is 72.7 cm³/mol. The first-order valence-corrected chi connectivity index (χ1v) is 7.63. The van der Waals surface area contributed by atoms with Gasteiger partial charge in [0.1, 0.15) is 0 Å². The third-order valence-electron chi connectivity index (χ3n) is 4.75. The third kappa shape index (κ3) is 3.48. The maximum Gasteiger partial charge on any atom is 0.306 e. The van der Waals surface area contributed by atoms with Gasteiger partial charge in [-0.3, -0.25) is 9.59 Å². The van der Waals surface area contributed by atoms with Crippen molar-refractivity contribution in [3.63, 3.8) is 0 Å². The molecule has 0 aromatic carbocycles. The quantitative estimate of drug-likeness (QED) is 0.851. The highest BCUT2D eigenvalue weighted by Crippen LogP contribution is 2.33. The van der Waals surface area contributed by atoms with E-state index in [-0.39, 0.29) is 17.7 Å². The fraction of sp³-hybridized carbons (Fsp3) is 0.867. The van der Waals surface area contributed by atoms with Gasteiger partial charge in [-0.2, -0.15) is 0 Å². The lowest BCUT2D eigenvalue weighted by molar-refractivity contribution is -0.141. The van der Waals surface area contributed by atoms with Crippen LogP contribution in [0.4, 0.5) is 0 Å². The molecule has 1 amide bonds. The van der Waals surface area contributed by atoms with E-state index in [9.17, 15) is 9.59 Å². The number of nitrogens with zero attached hydrogens (tertiary/aromatic N) is 1. The summed E-state index contributed by atoms with van der Waals surface area (Å²) in [6.45, 7) is 3.96. The fourth-order valence-electron chi connectivity index (χ4n) is 3.54. The highest BCUT2D eigenvalue weighted by atomic mass is 16.4. The first-order valence-electron chi connectivity index (χ1n) is 7.63. The lowest BCUT2D eigenvalue weighted by Gasteiger charge is -2.33. The summed E-state index contributed by atoms with van der Waals surface area (Å²) >= 11 is 0. The molecule has 0 aromatic rings. The van der Waals surface area contributed by atoms with Gasteiger partial charge in [-0.15, -0.1) is 0 Å². The summed E-state index contributed by atoms with van der Waals surface area (Å²) in [6, 6.07) is 0. The van der Waals surface area contributed by atoms with Crippen LogP contribution < -0.4 is 0 Å². The number of aliphatic carboxylic acids is 1. The van der Waals surface area contributed by atoms with Crippen LogP contribution >= 0.6 is 0 Å². The number of amides is 1. The molecule has 0 radical (unpaired) electrons. The second-order valence-corrected chi connectivity index (χ2v) is 6.10. The van der Waals surface area contributed by atoms with E-state index in [0.717, 1.165) is 38.3 Å². The van der Waals surface area contributed by atoms with Crippen molar-refractivity contribution in [2.24, 2.45) is 17.8 Å². The molecule has 0 bridgehead atoms. The number of piperidine rings is 1. The van der Waals surface area contributed by atoms with Gasteiger partial charge in [0.15, 0.2) is 0 Å². The van der Waals surface area contributed by atoms with E-state index in [4.69, 9.17) is 5.11 Å². The summed E-state index contributed by atoms with van der Waals surface area (Å²) in [5.74, 6) is -0.0875. The molecule has 2 rings (SSSR count). The maximum absolute atomic E-state index is 12.4. The standard InChI is InChI=1S/C15H25NO3/c1-2-3-11-6-8-16(9-7-11)14(17)12-4-5-13(10-12)15(18)19/h11-13H,2-10H2,1H3,(H,18,19). The molecule has 1 saturated heterocycles. The van der Waals surface area contributed by atoms with Crippen LogP contribution in [-0.4, -0.2) is 35.0 Å². The molecule has 2 unspecified atom stereocenters. The Kier molecular flexibility index (Phi) is 4.83. The van der Waals surface area contributed by atoms with E-state index >= 15 is 0 Å². The van der Waals surface area contributed by atoms with Crippen LogP contribution in [0.1, 0.15) is 51.9 Å². The molecule has 0 spiro atoms. The first kappa shape index (κ1) is 14.4. The number of rotatable bonds is 4. The van der Waals surface area contributed by atoms with Crippen LogP contribution in [0.25, 0.3) is 0 Å². The number of carbonyl (C=O) groups is 2. The smallest absolute Gasteiger partial charge is 0.306 e. The van der Waals surface area contributed by atoms with Gasteiger partial charge in [-0.1, -0.05) is 19.8 Å². The molecule has 1 heterocycles. The summed E-state index contributed by atoms with van der Waals surface area (Å²) in [4.78, 5) is 25.3. The molecule has 108 valence electrons. The average molecular weight is 267 g/mol. The summed E-state index contributed by atoms with van der Waals surface area (Å²) in [7, 11) is 0. The number of carboxylic acids is 1. The summed E-state index contributed by atoms with van der Waals surface area (Å²) in [6.07, 6.45) is 6.70. The molecule has 2 atom stereocenters. The van der Waals surface area contributed by atoms with Crippen molar-refractivity contribution in [3.05, 3.63) is 0 Å². The molecular formula is C15H25NO3. The summed E-state index contributed by atoms with van der Waals surface area (Å²) < 4.78 is 0. The van der Waals surface area contributed by atoms with Crippen molar-refractivity contribution in [3.8, 4) is 0 Å². The Morgan fingerprint density at radius 2 is 1.74 bits per heavy atom. The van der Waals surface area contributed by atoms with Gasteiger partial charge in [0.05, 0.1) is 5.92 Å². The molecule has 2 fully saturated rings. The normalized spacial score (nSPS) is 28.6. The van der Waals surface area contributed by atoms with Gasteiger partial charge < -0.3 is 10.0 Å². The summed E-state index contributed by atoms with van der Waals surface area (Å²) in [5.41, 5.74) is 0. The zero-order valence-electron chi connectivity index (χ0n) is 11.8. The third-order valence-corrected chi connectivity index (χ3v) is 4.75. The zero-order chi connectivity index (χ0) is 13.8. The predicted octanol–water partition coefficient (Wildman–Crippen LogP) is 2.53. The monoisotopic (exact) mass is 267 g/mol. The number of carboxylic acid groups (broad SMARTS) is 1. The highest BCUT2D eigenvalue weighted by molar-refractivity contribution is 5.81. The average Bonchev–Trinajstić information content (AvgIpc) is 2.89. The molecule has 2 aliphatic rings. The van der Waals surface area contributed by atoms with Gasteiger partial charge in [0.25, 0.3) is 0 Å². The lowest BCUT2D eigenvalue weighted by Crippen LogP contribution is -2.41. The Labute approximate surface area is 115 Å². The van der Waals surface area contributed by atoms with Crippen molar-refractivity contribution < 1.29 is 14.7 Å². The Hall–Kier alpha value is -1.06. The molecule has 4 nitrogen and oxygen atoms in total. The van der Waals surface area contributed by atoms with Crippen molar-refractivity contribution in [1.82, 2.24) is 4.90 Å². The minimum absolute atomic E-state index is 0.0381. The highest BCUT2D eigenvalue weighted by Gasteiger charge is 2.36. The van der Waals surface area contributed by atoms with Crippen molar-refractivity contribution in [2.45, 2.75) is 51.9 Å². The number of hydrogen-bond acceptors (Lipinski definition) is 2. The van der Waals surface area contributed by atoms with E-state index in [0.29, 0.717) is 12.8 Å². The van der Waals surface area contributed by atoms with Gasteiger partial charge in [0.2, 0.25) is 5.91 Å². The largest absolute Gasteiger partial charge is 0.481 e. The van der Waals surface area contributed by atoms with Crippen LogP contribution in [0.5, 0.6) is 0 Å². The topological polar surface area (TPSA) is 57.6 Å². The van der Waals surface area contributed by atoms with Crippen LogP contribution in [0.2, 0.25) is 0 Å². The first-order chi connectivity index (χ1) is 9.11. The fourth-order valence-corrected chi connectivity index (χ4v) is 3.54. The Balaban J connectivity index is 1.80. The van der Waals surface area contributed by atoms with Crippen LogP contribution in [0, 0.1) is 17.8 Å². The Bertz CT molecular complexity index is 334. The Morgan fingerprint density at radius 3 is 2.26 bits per heavy atom. The molecule has 1 saturated carbocycles. The van der Waals surface area contributed by atoms with E-state index in [1.165, 1.54) is 12.8 Å². The van der Waals surface area contributed by atoms with E-state index < -0.39 is 5.97 Å². The zero-order valence-corrected chi connectivity index (χ0v) is 11.8. The van der Waals surface area contributed by atoms with Gasteiger partial charge in [-0.25, -0.2) is 0 Å². The van der Waals surface area contributed by atoms with Crippen LogP contribution in [0.15, 0.2) is 0 Å². The molecule has 1 N–H and O–H groups in total.